The van der Waals surface area contributed by atoms with Crippen LogP contribution in [-0.4, -0.2) is 44.9 Å². The molecule has 0 amide bonds. The highest BCUT2D eigenvalue weighted by Crippen LogP contribution is 2.46. The molecule has 682 valence electrons. The van der Waals surface area contributed by atoms with Crippen LogP contribution in [0.15, 0.2) is 475 Å². The van der Waals surface area contributed by atoms with Crippen LogP contribution in [0.1, 0.15) is 0 Å². The number of benzene rings is 20. The van der Waals surface area contributed by atoms with Gasteiger partial charge in [0, 0.05) is 122 Å². The molecule has 0 spiro atoms. The van der Waals surface area contributed by atoms with Crippen molar-refractivity contribution >= 4 is 276 Å². The number of hydrogen-bond donors (Lipinski definition) is 0. The Labute approximate surface area is 875 Å². The van der Waals surface area contributed by atoms with Crippen LogP contribution >= 0.6 is 117 Å². The van der Waals surface area contributed by atoms with Crippen LogP contribution in [0.3, 0.4) is 0 Å². The van der Waals surface area contributed by atoms with Crippen molar-refractivity contribution in [3.63, 3.8) is 0 Å². The number of hydrogen-bond acceptors (Lipinski definition) is 11. The molecule has 0 saturated carbocycles. The van der Waals surface area contributed by atoms with Crippen LogP contribution in [0.2, 0.25) is 21.0 Å². The Morgan fingerprint density at radius 3 is 1.13 bits per heavy atom. The minimum atomic E-state index is 0.209. The predicted molar refractivity (Wildman–Crippen MR) is 619 cm³/mol. The maximum atomic E-state index is 6.23. The zero-order chi connectivity index (χ0) is 96.8. The fourth-order valence-electron chi connectivity index (χ4n) is 18.7. The van der Waals surface area contributed by atoms with E-state index in [-0.39, 0.29) is 15.9 Å². The van der Waals surface area contributed by atoms with Gasteiger partial charge >= 0.3 is 0 Å². The Morgan fingerprint density at radius 1 is 0.196 bits per heavy atom. The summed E-state index contributed by atoms with van der Waals surface area (Å²) in [6.07, 6.45) is 6.92. The largest absolute Gasteiger partial charge is 0.264 e. The smallest absolute Gasteiger partial charge is 0.223 e. The molecule has 0 radical (unpaired) electrons. The Balaban J connectivity index is 0.0000000960. The van der Waals surface area contributed by atoms with E-state index in [1.54, 1.807) is 36.1 Å². The van der Waals surface area contributed by atoms with Gasteiger partial charge in [-0.2, -0.15) is 0 Å². The quantitative estimate of drug-likeness (QED) is 0.0911. The third-order valence-corrected chi connectivity index (χ3v) is 29.9. The molecule has 0 bridgehead atoms. The van der Waals surface area contributed by atoms with Crippen LogP contribution in [-0.2, 0) is 0 Å². The van der Waals surface area contributed by atoms with Crippen LogP contribution in [0, 0.1) is 0 Å². The molecule has 0 aliphatic rings. The second kappa shape index (κ2) is 42.0. The van der Waals surface area contributed by atoms with E-state index in [2.05, 4.69) is 408 Å². The van der Waals surface area contributed by atoms with Crippen molar-refractivity contribution in [2.45, 2.75) is 0 Å². The van der Waals surface area contributed by atoms with Gasteiger partial charge in [-0.1, -0.05) is 399 Å². The molecule has 9 nitrogen and oxygen atoms in total. The molecule has 143 heavy (non-hydrogen) atoms. The summed E-state index contributed by atoms with van der Waals surface area (Å²) in [6, 6.07) is 151. The van der Waals surface area contributed by atoms with E-state index in [0.717, 1.165) is 107 Å². The molecule has 18 heteroatoms. The highest BCUT2D eigenvalue weighted by atomic mass is 79.9. The molecular formula is C125H76Br3Cl4N9S2. The lowest BCUT2D eigenvalue weighted by Crippen LogP contribution is -1.93. The monoisotopic (exact) mass is 2140 g/mol. The van der Waals surface area contributed by atoms with Crippen LogP contribution in [0.25, 0.3) is 227 Å². The average Bonchev–Trinajstić information content (AvgIpc) is 1.08. The Hall–Kier alpha value is -15.0. The first-order valence-corrected chi connectivity index (χ1v) is 51.6. The molecule has 0 atom stereocenters. The molecule has 0 saturated heterocycles. The van der Waals surface area contributed by atoms with E-state index in [1.165, 1.54) is 133 Å². The SMILES string of the molecule is Brc1ccc2c(ccc3c4ccccc4ccc23)c1.Brc1ccc2c3ccccc3c3ccccc3c2c1.Brc1cccc(-c2cccc3c2sc2ccccc23)c1.Clc1nc(-c2ccc(-c3ccccc3)c3ccccc23)c2ccccc2n1.Clc1nc(-c2cccc3c2sc2ccccc23)c2ccccc2n1.Clc1nc(-c2cccnc2)cc(-c2cccnc2)n1.Clc1nc2ccccc2c2ccccc12. The lowest BCUT2D eigenvalue weighted by molar-refractivity contribution is 1.16. The molecule has 28 aromatic rings. The third kappa shape index (κ3) is 19.6. The molecule has 8 heterocycles. The van der Waals surface area contributed by atoms with Crippen molar-refractivity contribution < 1.29 is 0 Å². The maximum absolute atomic E-state index is 6.23. The van der Waals surface area contributed by atoms with Gasteiger partial charge in [0.05, 0.1) is 39.3 Å². The van der Waals surface area contributed by atoms with Crippen LogP contribution in [0.5, 0.6) is 0 Å². The van der Waals surface area contributed by atoms with Gasteiger partial charge in [-0.05, 0) is 235 Å². The number of rotatable bonds is 6. The molecular weight excluding hydrogens is 2070 g/mol. The van der Waals surface area contributed by atoms with Crippen molar-refractivity contribution in [1.82, 2.24) is 44.9 Å². The fourth-order valence-corrected chi connectivity index (χ4v) is 23.1. The van der Waals surface area contributed by atoms with Gasteiger partial charge < -0.3 is 0 Å². The van der Waals surface area contributed by atoms with Gasteiger partial charge in [0.2, 0.25) is 15.9 Å². The lowest BCUT2D eigenvalue weighted by Gasteiger charge is -2.13. The van der Waals surface area contributed by atoms with Gasteiger partial charge in [-0.25, -0.2) is 34.9 Å². The summed E-state index contributed by atoms with van der Waals surface area (Å²) in [5.74, 6) is 0. The molecule has 0 aliphatic carbocycles. The zero-order valence-corrected chi connectivity index (χ0v) is 85.3. The minimum Gasteiger partial charge on any atom is -0.264 e. The molecule has 0 unspecified atom stereocenters. The van der Waals surface area contributed by atoms with E-state index < -0.39 is 0 Å². The van der Waals surface area contributed by atoms with Crippen LogP contribution < -0.4 is 0 Å². The minimum absolute atomic E-state index is 0.209. The first-order valence-electron chi connectivity index (χ1n) is 46.1. The number of para-hydroxylation sites is 3. The highest BCUT2D eigenvalue weighted by Gasteiger charge is 2.20. The summed E-state index contributed by atoms with van der Waals surface area (Å²) in [5, 5.41) is 30.0. The van der Waals surface area contributed by atoms with Gasteiger partial charge in [-0.3, -0.25) is 9.97 Å². The highest BCUT2D eigenvalue weighted by molar-refractivity contribution is 9.11. The van der Waals surface area contributed by atoms with Crippen molar-refractivity contribution in [2.24, 2.45) is 0 Å². The molecule has 0 aliphatic heterocycles. The molecule has 0 N–H and O–H groups in total. The van der Waals surface area contributed by atoms with E-state index in [0.29, 0.717) is 5.15 Å². The Kier molecular flexibility index (Phi) is 27.3. The molecule has 28 rings (SSSR count). The Morgan fingerprint density at radius 2 is 0.566 bits per heavy atom. The number of pyridine rings is 3. The zero-order valence-electron chi connectivity index (χ0n) is 75.9. The number of halogens is 7. The van der Waals surface area contributed by atoms with E-state index in [1.807, 2.05) is 133 Å². The van der Waals surface area contributed by atoms with Gasteiger partial charge in [0.15, 0.2) is 0 Å². The summed E-state index contributed by atoms with van der Waals surface area (Å²) < 4.78 is 8.61. The topological polar surface area (TPSA) is 116 Å². The third-order valence-electron chi connectivity index (χ3n) is 25.2. The van der Waals surface area contributed by atoms with Crippen molar-refractivity contribution in [3.8, 4) is 67.3 Å². The maximum Gasteiger partial charge on any atom is 0.223 e. The number of nitrogens with zero attached hydrogens (tertiary/aromatic N) is 9. The summed E-state index contributed by atoms with van der Waals surface area (Å²) in [6.45, 7) is 0. The summed E-state index contributed by atoms with van der Waals surface area (Å²) in [7, 11) is 0. The van der Waals surface area contributed by atoms with Gasteiger partial charge in [-0.15, -0.1) is 22.7 Å². The lowest BCUT2D eigenvalue weighted by atomic mass is 9.93. The van der Waals surface area contributed by atoms with E-state index >= 15 is 0 Å². The second-order valence-electron chi connectivity index (χ2n) is 33.8. The predicted octanol–water partition coefficient (Wildman–Crippen LogP) is 38.7. The van der Waals surface area contributed by atoms with Crippen molar-refractivity contribution in [2.75, 3.05) is 0 Å². The Bertz CT molecular complexity index is 9620. The van der Waals surface area contributed by atoms with E-state index in [4.69, 9.17) is 46.4 Å². The number of thiophene rings is 2. The van der Waals surface area contributed by atoms with Crippen molar-refractivity contribution in [1.29, 1.82) is 0 Å². The fraction of sp³-hybridized carbons (Fsp3) is 0. The molecule has 0 fully saturated rings. The van der Waals surface area contributed by atoms with Crippen molar-refractivity contribution in [3.05, 3.63) is 496 Å². The van der Waals surface area contributed by atoms with Crippen LogP contribution in [0.4, 0.5) is 0 Å². The molecule has 8 aromatic heterocycles. The first-order chi connectivity index (χ1) is 70.3. The summed E-state index contributed by atoms with van der Waals surface area (Å²) in [5.41, 5.74) is 14.8. The van der Waals surface area contributed by atoms with Gasteiger partial charge in [0.25, 0.3) is 0 Å². The number of aromatic nitrogens is 9. The second-order valence-corrected chi connectivity index (χ2v) is 40.0. The summed E-state index contributed by atoms with van der Waals surface area (Å²) >= 11 is 38.9. The van der Waals surface area contributed by atoms with Gasteiger partial charge in [0.1, 0.15) is 5.15 Å². The summed E-state index contributed by atoms with van der Waals surface area (Å²) in [4.78, 5) is 38.8. The standard InChI is InChI=1S/C24H15ClN2.C20H11ClN2S.C18H11BrS.2C18H11Br.C14H9ClN4.C13H8ClN/c25-24-26-22-13-7-6-12-21(22)23(27-24)20-15-14-17(16-8-2-1-3-9-16)18-10-4-5-11-19(18)20;21-20-22-16-10-3-1-7-14(16)18(23-20)15-9-5-8-13-12-6-2-4-11-17(12)24-19(13)15;19-13-6-3-5-12(11-13)14-8-4-9-16-15-7-1-2-10-17(15)20-18(14)16;19-12-9-10-17-15-7-2-1-5-13(15)14-6-3-4-8-16(14)18(17)11-12;19-14-7-10-16-13(11-14)6-9-17-15-4-2-1-3-12(15)5-8-18(16)17;15-14-18-12(10-3-1-5-16-8-10)7-13(19-14)11-4-2-6-17-9-11;14-13-11-7-2-1-5-9(11)10-6-3-4-8-12(10)15-13/h1-15H;1-11H;1-11H;2*1-11H;1-9H;1-8H. The number of fused-ring (bicyclic) bond motifs is 23. The van der Waals surface area contributed by atoms with E-state index in [9.17, 15) is 0 Å². The molecule has 20 aromatic carbocycles. The average molecular weight is 2150 g/mol. The first kappa shape index (κ1) is 93.0. The normalized spacial score (nSPS) is 11.2.